The van der Waals surface area contributed by atoms with Crippen LogP contribution in [0.3, 0.4) is 0 Å². The van der Waals surface area contributed by atoms with Gasteiger partial charge in [-0.3, -0.25) is 4.90 Å². The highest BCUT2D eigenvalue weighted by Gasteiger charge is 2.51. The first-order valence-corrected chi connectivity index (χ1v) is 10.7. The third-order valence-electron chi connectivity index (χ3n) is 6.99. The largest absolute Gasteiger partial charge is 0.416 e. The van der Waals surface area contributed by atoms with E-state index in [1.807, 2.05) is 0 Å². The van der Waals surface area contributed by atoms with Crippen LogP contribution in [0.4, 0.5) is 13.2 Å². The minimum atomic E-state index is -4.29. The fraction of sp³-hybridized carbons (Fsp3) is 0.520. The van der Waals surface area contributed by atoms with Gasteiger partial charge in [-0.05, 0) is 66.3 Å². The van der Waals surface area contributed by atoms with E-state index in [-0.39, 0.29) is 5.54 Å². The van der Waals surface area contributed by atoms with Crippen LogP contribution in [0.2, 0.25) is 0 Å². The molecule has 0 N–H and O–H groups in total. The molecule has 1 unspecified atom stereocenters. The lowest BCUT2D eigenvalue weighted by Gasteiger charge is -2.48. The number of nitrogens with zero attached hydrogens (tertiary/aromatic N) is 1. The Morgan fingerprint density at radius 2 is 1.69 bits per heavy atom. The molecule has 2 aromatic rings. The van der Waals surface area contributed by atoms with Crippen LogP contribution in [0.25, 0.3) is 0 Å². The van der Waals surface area contributed by atoms with Crippen LogP contribution in [0.15, 0.2) is 48.5 Å². The smallest absolute Gasteiger partial charge is 0.286 e. The van der Waals surface area contributed by atoms with E-state index in [4.69, 9.17) is 0 Å². The van der Waals surface area contributed by atoms with Crippen molar-refractivity contribution in [3.8, 4) is 0 Å². The summed E-state index contributed by atoms with van der Waals surface area (Å²) < 4.78 is 39.2. The molecule has 0 radical (unpaired) electrons. The quantitative estimate of drug-likeness (QED) is 0.527. The minimum absolute atomic E-state index is 0.150. The van der Waals surface area contributed by atoms with E-state index in [2.05, 4.69) is 49.9 Å². The number of hydrogen-bond acceptors (Lipinski definition) is 1. The van der Waals surface area contributed by atoms with Gasteiger partial charge in [-0.25, -0.2) is 0 Å². The Morgan fingerprint density at radius 1 is 1.03 bits per heavy atom. The third kappa shape index (κ3) is 3.84. The lowest BCUT2D eigenvalue weighted by atomic mass is 9.77. The van der Waals surface area contributed by atoms with E-state index in [1.54, 1.807) is 12.1 Å². The topological polar surface area (TPSA) is 3.24 Å². The van der Waals surface area contributed by atoms with Crippen molar-refractivity contribution in [2.24, 2.45) is 5.92 Å². The van der Waals surface area contributed by atoms with Crippen LogP contribution < -0.4 is 0 Å². The highest BCUT2D eigenvalue weighted by Crippen LogP contribution is 2.53. The van der Waals surface area contributed by atoms with Gasteiger partial charge in [0.25, 0.3) is 0 Å². The SMILES string of the molecule is CC1C[C@H]2CC[C@@](c3ccc(C(F)(F)F)cc3)(C1)N2Cc1ccc(C(C)C)cc1. The Kier molecular flexibility index (Phi) is 5.27. The van der Waals surface area contributed by atoms with E-state index >= 15 is 0 Å². The average molecular weight is 402 g/mol. The summed E-state index contributed by atoms with van der Waals surface area (Å²) in [6.07, 6.45) is 0.0460. The van der Waals surface area contributed by atoms with E-state index in [0.717, 1.165) is 31.4 Å². The molecule has 2 aromatic carbocycles. The van der Waals surface area contributed by atoms with Gasteiger partial charge >= 0.3 is 6.18 Å². The zero-order valence-electron chi connectivity index (χ0n) is 17.5. The van der Waals surface area contributed by atoms with Gasteiger partial charge in [0.15, 0.2) is 0 Å². The molecule has 1 nitrogen and oxygen atoms in total. The van der Waals surface area contributed by atoms with Crippen molar-refractivity contribution in [2.75, 3.05) is 0 Å². The van der Waals surface area contributed by atoms with Gasteiger partial charge in [0, 0.05) is 18.1 Å². The van der Waals surface area contributed by atoms with Gasteiger partial charge in [-0.15, -0.1) is 0 Å². The predicted octanol–water partition coefficient (Wildman–Crippen LogP) is 7.12. The Hall–Kier alpha value is -1.81. The molecule has 2 aliphatic rings. The molecule has 2 aliphatic heterocycles. The Bertz CT molecular complexity index is 838. The highest BCUT2D eigenvalue weighted by atomic mass is 19.4. The number of halogens is 3. The second kappa shape index (κ2) is 7.46. The average Bonchev–Trinajstić information content (AvgIpc) is 2.89. The van der Waals surface area contributed by atoms with Gasteiger partial charge in [0.1, 0.15) is 0 Å². The molecule has 4 heteroatoms. The summed E-state index contributed by atoms with van der Waals surface area (Å²) >= 11 is 0. The van der Waals surface area contributed by atoms with Crippen LogP contribution in [0, 0.1) is 5.92 Å². The van der Waals surface area contributed by atoms with Gasteiger partial charge in [0.05, 0.1) is 5.56 Å². The maximum atomic E-state index is 13.1. The molecule has 0 saturated carbocycles. The number of alkyl halides is 3. The molecular weight excluding hydrogens is 371 g/mol. The standard InChI is InChI=1S/C25H30F3N/c1-17(2)20-6-4-19(5-7-20)16-29-23-12-13-24(29,15-18(3)14-23)21-8-10-22(11-9-21)25(26,27)28/h4-11,17-18,23H,12-16H2,1-3H3/t18?,23-,24+/m1/s1. The molecule has 0 aromatic heterocycles. The second-order valence-electron chi connectivity index (χ2n) is 9.37. The van der Waals surface area contributed by atoms with Crippen molar-refractivity contribution >= 4 is 0 Å². The molecule has 3 atom stereocenters. The molecule has 2 heterocycles. The van der Waals surface area contributed by atoms with E-state index in [0.29, 0.717) is 17.9 Å². The number of piperidine rings is 1. The fourth-order valence-electron chi connectivity index (χ4n) is 5.53. The monoisotopic (exact) mass is 401 g/mol. The molecule has 2 saturated heterocycles. The van der Waals surface area contributed by atoms with Gasteiger partial charge in [-0.1, -0.05) is 57.2 Å². The first-order chi connectivity index (χ1) is 13.7. The van der Waals surface area contributed by atoms with Crippen molar-refractivity contribution in [3.63, 3.8) is 0 Å². The molecule has 29 heavy (non-hydrogen) atoms. The summed E-state index contributed by atoms with van der Waals surface area (Å²) in [5, 5.41) is 0. The number of benzene rings is 2. The summed E-state index contributed by atoms with van der Waals surface area (Å²) in [6, 6.07) is 15.3. The molecule has 0 aliphatic carbocycles. The van der Waals surface area contributed by atoms with Crippen LogP contribution in [-0.4, -0.2) is 10.9 Å². The van der Waals surface area contributed by atoms with Gasteiger partial charge in [-0.2, -0.15) is 13.2 Å². The van der Waals surface area contributed by atoms with Crippen molar-refractivity contribution < 1.29 is 13.2 Å². The maximum absolute atomic E-state index is 13.1. The lowest BCUT2D eigenvalue weighted by molar-refractivity contribution is -0.137. The normalized spacial score (nSPS) is 27.6. The van der Waals surface area contributed by atoms with E-state index < -0.39 is 11.7 Å². The molecular formula is C25H30F3N. The summed E-state index contributed by atoms with van der Waals surface area (Å²) in [5.41, 5.74) is 2.95. The van der Waals surface area contributed by atoms with Crippen LogP contribution in [0.5, 0.6) is 0 Å². The van der Waals surface area contributed by atoms with Crippen molar-refractivity contribution in [1.29, 1.82) is 0 Å². The zero-order chi connectivity index (χ0) is 20.8. The fourth-order valence-corrected chi connectivity index (χ4v) is 5.53. The van der Waals surface area contributed by atoms with Crippen LogP contribution in [-0.2, 0) is 18.3 Å². The molecule has 2 bridgehead atoms. The second-order valence-corrected chi connectivity index (χ2v) is 9.37. The zero-order valence-corrected chi connectivity index (χ0v) is 17.5. The molecule has 0 spiro atoms. The Labute approximate surface area is 171 Å². The molecule has 2 fully saturated rings. The number of rotatable bonds is 4. The maximum Gasteiger partial charge on any atom is 0.416 e. The lowest BCUT2D eigenvalue weighted by Crippen LogP contribution is -2.49. The van der Waals surface area contributed by atoms with Crippen LogP contribution in [0.1, 0.15) is 74.6 Å². The minimum Gasteiger partial charge on any atom is -0.286 e. The van der Waals surface area contributed by atoms with Crippen molar-refractivity contribution in [1.82, 2.24) is 4.90 Å². The van der Waals surface area contributed by atoms with Gasteiger partial charge < -0.3 is 0 Å². The summed E-state index contributed by atoms with van der Waals surface area (Å²) in [7, 11) is 0. The Morgan fingerprint density at radius 3 is 2.28 bits per heavy atom. The summed E-state index contributed by atoms with van der Waals surface area (Å²) in [5.74, 6) is 1.10. The first kappa shape index (κ1) is 20.5. The summed E-state index contributed by atoms with van der Waals surface area (Å²) in [6.45, 7) is 7.53. The molecule has 4 rings (SSSR count). The first-order valence-electron chi connectivity index (χ1n) is 10.7. The van der Waals surface area contributed by atoms with Gasteiger partial charge in [0.2, 0.25) is 0 Å². The van der Waals surface area contributed by atoms with Crippen LogP contribution >= 0.6 is 0 Å². The molecule has 0 amide bonds. The number of hydrogen-bond donors (Lipinski definition) is 0. The van der Waals surface area contributed by atoms with Crippen molar-refractivity contribution in [2.45, 2.75) is 76.7 Å². The third-order valence-corrected chi connectivity index (χ3v) is 6.99. The van der Waals surface area contributed by atoms with Crippen molar-refractivity contribution in [3.05, 3.63) is 70.8 Å². The highest BCUT2D eigenvalue weighted by molar-refractivity contribution is 5.33. The summed E-state index contributed by atoms with van der Waals surface area (Å²) in [4.78, 5) is 2.58. The number of fused-ring (bicyclic) bond motifs is 2. The predicted molar refractivity (Wildman–Crippen MR) is 111 cm³/mol. The molecule has 156 valence electrons. The Balaban J connectivity index is 1.65. The van der Waals surface area contributed by atoms with E-state index in [9.17, 15) is 13.2 Å². The van der Waals surface area contributed by atoms with E-state index in [1.165, 1.54) is 29.7 Å².